The molecule has 1 heterocycles. The summed E-state index contributed by atoms with van der Waals surface area (Å²) in [4.78, 5) is 0. The molecule has 0 fully saturated rings. The average Bonchev–Trinajstić information content (AvgIpc) is 3.65. The molecule has 4 heteroatoms. The van der Waals surface area contributed by atoms with Gasteiger partial charge in [0, 0.05) is 0 Å². The molecular formula is C47H42N2P2+2. The van der Waals surface area contributed by atoms with Gasteiger partial charge in [0.1, 0.15) is 39.1 Å². The zero-order chi connectivity index (χ0) is 34.4. The maximum absolute atomic E-state index is 5.85. The Morgan fingerprint density at radius 2 is 0.725 bits per heavy atom. The number of benzene rings is 7. The number of hydrazone groups is 1. The fraction of sp³-hybridized carbons (Fsp3) is 0.0851. The van der Waals surface area contributed by atoms with Gasteiger partial charge in [-0.2, -0.15) is 0 Å². The van der Waals surface area contributed by atoms with Crippen LogP contribution in [0.5, 0.6) is 0 Å². The van der Waals surface area contributed by atoms with Gasteiger partial charge in [-0.25, -0.2) is 0 Å². The van der Waals surface area contributed by atoms with Gasteiger partial charge in [-0.05, 0) is 78.4 Å². The van der Waals surface area contributed by atoms with E-state index >= 15 is 0 Å². The SMILES string of the molecule is c1ccc(C2CC([P+](c3ccccc3)(c3ccccc3)c3ccccc3)=NN2CC[P+](c2ccccc2)(c2ccccc2)c2ccccc2)cc1. The van der Waals surface area contributed by atoms with Crippen LogP contribution in [0.4, 0.5) is 0 Å². The molecule has 0 aliphatic carbocycles. The first kappa shape index (κ1) is 33.0. The van der Waals surface area contributed by atoms with Crippen molar-refractivity contribution in [3.05, 3.63) is 218 Å². The lowest BCUT2D eigenvalue weighted by atomic mass is 10.0. The Hall–Kier alpha value is -5.13. The minimum absolute atomic E-state index is 0.126. The molecule has 0 aromatic heterocycles. The van der Waals surface area contributed by atoms with E-state index in [-0.39, 0.29) is 6.04 Å². The first-order valence-corrected chi connectivity index (χ1v) is 21.6. The molecule has 0 bridgehead atoms. The summed E-state index contributed by atoms with van der Waals surface area (Å²) in [5.74, 6) is 0. The van der Waals surface area contributed by atoms with Gasteiger partial charge < -0.3 is 0 Å². The Kier molecular flexibility index (Phi) is 9.72. The van der Waals surface area contributed by atoms with Crippen LogP contribution in [0.2, 0.25) is 0 Å². The summed E-state index contributed by atoms with van der Waals surface area (Å²) in [5, 5.41) is 16.5. The van der Waals surface area contributed by atoms with E-state index in [1.807, 2.05) is 0 Å². The van der Waals surface area contributed by atoms with E-state index in [4.69, 9.17) is 5.10 Å². The minimum atomic E-state index is -2.32. The number of nitrogens with zero attached hydrogens (tertiary/aromatic N) is 2. The topological polar surface area (TPSA) is 15.6 Å². The van der Waals surface area contributed by atoms with Gasteiger partial charge >= 0.3 is 0 Å². The fourth-order valence-corrected chi connectivity index (χ4v) is 16.5. The number of rotatable bonds is 11. The van der Waals surface area contributed by atoms with Crippen LogP contribution in [0.25, 0.3) is 0 Å². The zero-order valence-corrected chi connectivity index (χ0v) is 30.5. The Morgan fingerprint density at radius 3 is 1.08 bits per heavy atom. The number of hydrogen-bond acceptors (Lipinski definition) is 2. The Morgan fingerprint density at radius 1 is 0.412 bits per heavy atom. The van der Waals surface area contributed by atoms with Gasteiger partial charge in [-0.1, -0.05) is 140 Å². The quantitative estimate of drug-likeness (QED) is 0.124. The van der Waals surface area contributed by atoms with E-state index in [2.05, 4.69) is 217 Å². The summed E-state index contributed by atoms with van der Waals surface area (Å²) in [7, 11) is -4.38. The third-order valence-corrected chi connectivity index (χ3v) is 18.9. The molecule has 7 aromatic carbocycles. The van der Waals surface area contributed by atoms with E-state index < -0.39 is 14.5 Å². The Bertz CT molecular complexity index is 1970. The van der Waals surface area contributed by atoms with Crippen LogP contribution < -0.4 is 31.8 Å². The average molecular weight is 697 g/mol. The largest absolute Gasteiger partial charge is 0.282 e. The van der Waals surface area contributed by atoms with Gasteiger partial charge in [0.25, 0.3) is 0 Å². The molecule has 0 N–H and O–H groups in total. The van der Waals surface area contributed by atoms with Gasteiger partial charge in [0.05, 0.1) is 25.2 Å². The second-order valence-corrected chi connectivity index (χ2v) is 20.1. The maximum Gasteiger partial charge on any atom is 0.194 e. The van der Waals surface area contributed by atoms with Crippen molar-refractivity contribution in [1.82, 2.24) is 5.01 Å². The van der Waals surface area contributed by atoms with Gasteiger partial charge in [-0.3, -0.25) is 5.01 Å². The molecule has 1 aliphatic heterocycles. The molecule has 248 valence electrons. The predicted molar refractivity (Wildman–Crippen MR) is 223 cm³/mol. The lowest BCUT2D eigenvalue weighted by molar-refractivity contribution is 0.248. The predicted octanol–water partition coefficient (Wildman–Crippen LogP) is 8.74. The normalized spacial score (nSPS) is 14.6. The highest BCUT2D eigenvalue weighted by molar-refractivity contribution is 8.08. The second-order valence-electron chi connectivity index (χ2n) is 13.0. The molecule has 1 aliphatic rings. The summed E-state index contributed by atoms with van der Waals surface area (Å²) in [6.07, 6.45) is 1.84. The molecule has 0 amide bonds. The van der Waals surface area contributed by atoms with Crippen LogP contribution in [0.3, 0.4) is 0 Å². The minimum Gasteiger partial charge on any atom is -0.282 e. The summed E-state index contributed by atoms with van der Waals surface area (Å²) in [6.45, 7) is 0.827. The van der Waals surface area contributed by atoms with E-state index in [1.165, 1.54) is 42.8 Å². The van der Waals surface area contributed by atoms with Crippen LogP contribution >= 0.6 is 14.5 Å². The molecule has 2 nitrogen and oxygen atoms in total. The third kappa shape index (κ3) is 6.25. The van der Waals surface area contributed by atoms with Crippen LogP contribution in [0.1, 0.15) is 18.0 Å². The third-order valence-electron chi connectivity index (χ3n) is 10.2. The van der Waals surface area contributed by atoms with Crippen LogP contribution in [-0.2, 0) is 0 Å². The van der Waals surface area contributed by atoms with E-state index in [0.29, 0.717) is 0 Å². The van der Waals surface area contributed by atoms with Crippen molar-refractivity contribution in [3.8, 4) is 0 Å². The van der Waals surface area contributed by atoms with Gasteiger partial charge in [-0.15, -0.1) is 5.10 Å². The molecule has 0 saturated heterocycles. The fourth-order valence-electron chi connectivity index (χ4n) is 7.90. The molecule has 0 radical (unpaired) electrons. The highest BCUT2D eigenvalue weighted by Gasteiger charge is 2.55. The van der Waals surface area contributed by atoms with E-state index in [1.54, 1.807) is 0 Å². The van der Waals surface area contributed by atoms with Crippen molar-refractivity contribution >= 4 is 51.8 Å². The Balaban J connectivity index is 1.32. The van der Waals surface area contributed by atoms with E-state index in [0.717, 1.165) is 19.1 Å². The molecule has 0 spiro atoms. The van der Waals surface area contributed by atoms with Crippen molar-refractivity contribution in [2.45, 2.75) is 12.5 Å². The molecule has 1 unspecified atom stereocenters. The summed E-state index contributed by atoms with van der Waals surface area (Å²) in [5.41, 5.74) is 2.59. The molecular weight excluding hydrogens is 654 g/mol. The smallest absolute Gasteiger partial charge is 0.194 e. The number of hydrogen-bond donors (Lipinski definition) is 0. The highest BCUT2D eigenvalue weighted by Crippen LogP contribution is 2.61. The lowest BCUT2D eigenvalue weighted by Gasteiger charge is -2.30. The van der Waals surface area contributed by atoms with Crippen LogP contribution in [-0.4, -0.2) is 23.2 Å². The Labute approximate surface area is 303 Å². The zero-order valence-electron chi connectivity index (χ0n) is 28.7. The monoisotopic (exact) mass is 696 g/mol. The molecule has 1 atom stereocenters. The maximum atomic E-state index is 5.85. The van der Waals surface area contributed by atoms with Crippen molar-refractivity contribution in [1.29, 1.82) is 0 Å². The van der Waals surface area contributed by atoms with Crippen molar-refractivity contribution in [2.75, 3.05) is 12.7 Å². The summed E-state index contributed by atoms with van der Waals surface area (Å²) >= 11 is 0. The first-order chi connectivity index (χ1) is 25.3. The lowest BCUT2D eigenvalue weighted by Crippen LogP contribution is -2.37. The summed E-state index contributed by atoms with van der Waals surface area (Å²) < 4.78 is 0. The molecule has 0 saturated carbocycles. The second kappa shape index (κ2) is 15.0. The standard InChI is InChI=1S/C47H42N2P2/c1-8-22-39(23-9-1)46-38-47(51(43-30-16-5-17-31-43,44-32-18-6-19-33-44)45-34-20-7-21-35-45)48-49(46)36-37-50(40-24-10-2-11-25-40,41-26-12-3-13-27-41)42-28-14-4-15-29-42/h1-35,46H,36-38H2/q+2. The molecule has 7 aromatic rings. The van der Waals surface area contributed by atoms with Gasteiger partial charge in [0.15, 0.2) is 12.7 Å². The van der Waals surface area contributed by atoms with Gasteiger partial charge in [0.2, 0.25) is 0 Å². The van der Waals surface area contributed by atoms with Crippen LogP contribution in [0.15, 0.2) is 217 Å². The van der Waals surface area contributed by atoms with E-state index in [9.17, 15) is 0 Å². The van der Waals surface area contributed by atoms with Crippen LogP contribution in [0, 0.1) is 0 Å². The summed E-state index contributed by atoms with van der Waals surface area (Å²) in [6, 6.07) is 78.4. The molecule has 8 rings (SSSR count). The van der Waals surface area contributed by atoms with Crippen molar-refractivity contribution < 1.29 is 0 Å². The van der Waals surface area contributed by atoms with Crippen molar-refractivity contribution in [3.63, 3.8) is 0 Å². The highest BCUT2D eigenvalue weighted by atomic mass is 31.2. The first-order valence-electron chi connectivity index (χ1n) is 17.8. The molecule has 51 heavy (non-hydrogen) atoms. The van der Waals surface area contributed by atoms with Crippen molar-refractivity contribution in [2.24, 2.45) is 5.10 Å².